The Morgan fingerprint density at radius 2 is 1.70 bits per heavy atom. The lowest BCUT2D eigenvalue weighted by Crippen LogP contribution is -2.17. The number of ether oxygens (including phenoxy) is 2. The van der Waals surface area contributed by atoms with E-state index in [-0.39, 0.29) is 17.8 Å². The lowest BCUT2D eigenvalue weighted by atomic mass is 10.1. The number of hydrogen-bond acceptors (Lipinski definition) is 6. The van der Waals surface area contributed by atoms with E-state index in [0.717, 1.165) is 36.0 Å². The third kappa shape index (κ3) is 6.99. The van der Waals surface area contributed by atoms with Gasteiger partial charge in [-0.3, -0.25) is 4.79 Å². The van der Waals surface area contributed by atoms with Crippen LogP contribution in [0.4, 0.5) is 5.69 Å². The van der Waals surface area contributed by atoms with Gasteiger partial charge in [0.05, 0.1) is 12.9 Å². The largest absolute Gasteiger partial charge is 0.497 e. The van der Waals surface area contributed by atoms with Gasteiger partial charge in [0.15, 0.2) is 17.1 Å². The first kappa shape index (κ1) is 24.6. The van der Waals surface area contributed by atoms with E-state index in [1.165, 1.54) is 17.3 Å². The van der Waals surface area contributed by atoms with Crippen molar-refractivity contribution in [3.63, 3.8) is 0 Å². The zero-order chi connectivity index (χ0) is 23.8. The molecule has 33 heavy (non-hydrogen) atoms. The lowest BCUT2D eigenvalue weighted by Gasteiger charge is -2.18. The van der Waals surface area contributed by atoms with Crippen LogP contribution < -0.4 is 14.8 Å². The summed E-state index contributed by atoms with van der Waals surface area (Å²) in [7, 11) is 1.63. The normalized spacial score (nSPS) is 11.9. The molecule has 0 aliphatic heterocycles. The maximum absolute atomic E-state index is 12.5. The summed E-state index contributed by atoms with van der Waals surface area (Å²) in [6, 6.07) is 15.4. The van der Waals surface area contributed by atoms with Crippen molar-refractivity contribution in [3.8, 4) is 11.5 Å². The second-order valence-electron chi connectivity index (χ2n) is 8.17. The monoisotopic (exact) mass is 468 g/mol. The third-order valence-corrected chi connectivity index (χ3v) is 5.97. The molecule has 0 spiro atoms. The van der Waals surface area contributed by atoms with Crippen LogP contribution in [0.25, 0.3) is 0 Å². The Balaban J connectivity index is 1.66. The number of carbonyl (C=O) groups is 1. The van der Waals surface area contributed by atoms with Crippen LogP contribution >= 0.6 is 11.8 Å². The van der Waals surface area contributed by atoms with Crippen LogP contribution in [-0.4, -0.2) is 33.5 Å². The van der Waals surface area contributed by atoms with E-state index in [9.17, 15) is 4.79 Å². The minimum absolute atomic E-state index is 0.0765. The highest BCUT2D eigenvalue weighted by Gasteiger charge is 2.21. The molecule has 0 bridgehead atoms. The van der Waals surface area contributed by atoms with Crippen LogP contribution in [0.1, 0.15) is 45.2 Å². The summed E-state index contributed by atoms with van der Waals surface area (Å²) in [6.45, 7) is 9.07. The Bertz CT molecular complexity index is 1030. The van der Waals surface area contributed by atoms with Crippen LogP contribution in [0.5, 0.6) is 11.5 Å². The first-order chi connectivity index (χ1) is 15.9. The Morgan fingerprint density at radius 3 is 2.30 bits per heavy atom. The maximum Gasteiger partial charge on any atom is 0.234 e. The molecule has 0 aliphatic carbocycles. The van der Waals surface area contributed by atoms with E-state index in [4.69, 9.17) is 9.47 Å². The molecule has 1 unspecified atom stereocenters. The predicted octanol–water partition coefficient (Wildman–Crippen LogP) is 5.38. The molecule has 3 rings (SSSR count). The fraction of sp³-hybridized carbons (Fsp3) is 0.400. The van der Waals surface area contributed by atoms with Crippen molar-refractivity contribution in [1.29, 1.82) is 0 Å². The molecule has 0 fully saturated rings. The Kier molecular flexibility index (Phi) is 8.77. The quantitative estimate of drug-likeness (QED) is 0.381. The van der Waals surface area contributed by atoms with E-state index in [2.05, 4.69) is 36.3 Å². The van der Waals surface area contributed by atoms with Gasteiger partial charge in [-0.25, -0.2) is 0 Å². The smallest absolute Gasteiger partial charge is 0.234 e. The van der Waals surface area contributed by atoms with Crippen molar-refractivity contribution in [2.75, 3.05) is 18.2 Å². The number of nitrogens with zero attached hydrogens (tertiary/aromatic N) is 3. The van der Waals surface area contributed by atoms with Gasteiger partial charge in [-0.15, -0.1) is 10.2 Å². The summed E-state index contributed by atoms with van der Waals surface area (Å²) in [5.74, 6) is 2.80. The maximum atomic E-state index is 12.5. The molecular weight excluding hydrogens is 436 g/mol. The number of methoxy groups -OCH3 is 1. The predicted molar refractivity (Wildman–Crippen MR) is 132 cm³/mol. The van der Waals surface area contributed by atoms with Gasteiger partial charge in [0, 0.05) is 12.2 Å². The first-order valence-electron chi connectivity index (χ1n) is 11.1. The SMILES string of the molecule is CCc1ccc(NC(=O)CSc2nnc(C(C)Oc3ccc(OC)cc3)n2CC(C)C)cc1. The molecule has 176 valence electrons. The zero-order valence-electron chi connectivity index (χ0n) is 19.9. The molecule has 0 saturated carbocycles. The van der Waals surface area contributed by atoms with Crippen molar-refractivity contribution in [1.82, 2.24) is 14.8 Å². The Morgan fingerprint density at radius 1 is 1.03 bits per heavy atom. The fourth-order valence-corrected chi connectivity index (χ4v) is 4.06. The fourth-order valence-electron chi connectivity index (χ4n) is 3.31. The van der Waals surface area contributed by atoms with Crippen molar-refractivity contribution in [2.45, 2.75) is 51.9 Å². The summed E-state index contributed by atoms with van der Waals surface area (Å²) in [5.41, 5.74) is 2.03. The van der Waals surface area contributed by atoms with E-state index in [1.54, 1.807) is 7.11 Å². The van der Waals surface area contributed by atoms with E-state index in [1.807, 2.05) is 60.0 Å². The van der Waals surface area contributed by atoms with Gasteiger partial charge in [0.2, 0.25) is 5.91 Å². The average molecular weight is 469 g/mol. The molecule has 0 saturated heterocycles. The summed E-state index contributed by atoms with van der Waals surface area (Å²) >= 11 is 1.38. The van der Waals surface area contributed by atoms with Crippen LogP contribution in [0.2, 0.25) is 0 Å². The van der Waals surface area contributed by atoms with Gasteiger partial charge in [0.1, 0.15) is 11.5 Å². The molecule has 0 aliphatic rings. The zero-order valence-corrected chi connectivity index (χ0v) is 20.7. The molecule has 8 heteroatoms. The molecule has 3 aromatic rings. The third-order valence-electron chi connectivity index (χ3n) is 5.01. The minimum atomic E-state index is -0.301. The number of nitrogens with one attached hydrogen (secondary N) is 1. The van der Waals surface area contributed by atoms with Crippen molar-refractivity contribution >= 4 is 23.4 Å². The molecule has 1 amide bonds. The highest BCUT2D eigenvalue weighted by Crippen LogP contribution is 2.27. The lowest BCUT2D eigenvalue weighted by molar-refractivity contribution is -0.113. The van der Waals surface area contributed by atoms with Crippen LogP contribution in [0.15, 0.2) is 53.7 Å². The number of benzene rings is 2. The summed E-state index contributed by atoms with van der Waals surface area (Å²) in [6.07, 6.45) is 0.670. The molecule has 0 radical (unpaired) electrons. The van der Waals surface area contributed by atoms with Crippen LogP contribution in [0, 0.1) is 5.92 Å². The van der Waals surface area contributed by atoms with Gasteiger partial charge >= 0.3 is 0 Å². The van der Waals surface area contributed by atoms with E-state index in [0.29, 0.717) is 11.1 Å². The minimum Gasteiger partial charge on any atom is -0.497 e. The molecule has 2 aromatic carbocycles. The number of carbonyl (C=O) groups excluding carboxylic acids is 1. The number of hydrogen-bond donors (Lipinski definition) is 1. The summed E-state index contributed by atoms with van der Waals surface area (Å²) in [4.78, 5) is 12.5. The molecule has 1 heterocycles. The van der Waals surface area contributed by atoms with Gasteiger partial charge in [-0.05, 0) is 61.2 Å². The molecule has 7 nitrogen and oxygen atoms in total. The number of aromatic nitrogens is 3. The standard InChI is InChI=1S/C25H32N4O3S/c1-6-19-7-9-20(10-8-19)26-23(30)16-33-25-28-27-24(29(25)15-17(2)3)18(4)32-22-13-11-21(31-5)12-14-22/h7-14,17-18H,6,15-16H2,1-5H3,(H,26,30). The molecular formula is C25H32N4O3S. The summed E-state index contributed by atoms with van der Waals surface area (Å²) in [5, 5.41) is 12.4. The highest BCUT2D eigenvalue weighted by atomic mass is 32.2. The number of anilines is 1. The van der Waals surface area contributed by atoms with Crippen molar-refractivity contribution < 1.29 is 14.3 Å². The molecule has 1 atom stereocenters. The first-order valence-corrected chi connectivity index (χ1v) is 12.1. The number of rotatable bonds is 11. The van der Waals surface area contributed by atoms with E-state index < -0.39 is 0 Å². The van der Waals surface area contributed by atoms with Crippen LogP contribution in [-0.2, 0) is 17.8 Å². The highest BCUT2D eigenvalue weighted by molar-refractivity contribution is 7.99. The van der Waals surface area contributed by atoms with E-state index >= 15 is 0 Å². The molecule has 1 aromatic heterocycles. The topological polar surface area (TPSA) is 78.3 Å². The second-order valence-corrected chi connectivity index (χ2v) is 9.11. The van der Waals surface area contributed by atoms with Gasteiger partial charge in [0.25, 0.3) is 0 Å². The van der Waals surface area contributed by atoms with Gasteiger partial charge in [-0.2, -0.15) is 0 Å². The summed E-state index contributed by atoms with van der Waals surface area (Å²) < 4.78 is 13.3. The van der Waals surface area contributed by atoms with Crippen molar-refractivity contribution in [2.24, 2.45) is 5.92 Å². The molecule has 1 N–H and O–H groups in total. The second kappa shape index (κ2) is 11.7. The van der Waals surface area contributed by atoms with Gasteiger partial charge in [-0.1, -0.05) is 44.7 Å². The average Bonchev–Trinajstić information content (AvgIpc) is 3.20. The van der Waals surface area contributed by atoms with Crippen molar-refractivity contribution in [3.05, 3.63) is 59.9 Å². The van der Waals surface area contributed by atoms with Gasteiger partial charge < -0.3 is 19.4 Å². The number of thioether (sulfide) groups is 1. The Hall–Kier alpha value is -3.00. The van der Waals surface area contributed by atoms with Crippen LogP contribution in [0.3, 0.4) is 0 Å². The number of aryl methyl sites for hydroxylation is 1. The number of amides is 1. The Labute approximate surface area is 199 Å².